The van der Waals surface area contributed by atoms with E-state index >= 15 is 0 Å². The van der Waals surface area contributed by atoms with Crippen LogP contribution in [0, 0.1) is 5.92 Å². The first-order valence-corrected chi connectivity index (χ1v) is 4.47. The van der Waals surface area contributed by atoms with E-state index in [0.29, 0.717) is 0 Å². The third-order valence-electron chi connectivity index (χ3n) is 2.15. The number of amides is 1. The molecule has 14 heavy (non-hydrogen) atoms. The van der Waals surface area contributed by atoms with E-state index < -0.39 is 5.97 Å². The molecule has 5 nitrogen and oxygen atoms in total. The molecule has 0 rings (SSSR count). The second kappa shape index (κ2) is 5.59. The van der Waals surface area contributed by atoms with Crippen molar-refractivity contribution in [1.82, 2.24) is 4.90 Å². The summed E-state index contributed by atoms with van der Waals surface area (Å²) in [5, 5.41) is 0. The van der Waals surface area contributed by atoms with Gasteiger partial charge in [0.25, 0.3) is 0 Å². The molecule has 0 aliphatic carbocycles. The molecular weight excluding hydrogens is 184 g/mol. The van der Waals surface area contributed by atoms with E-state index in [4.69, 9.17) is 5.73 Å². The quantitative estimate of drug-likeness (QED) is 0.630. The lowest BCUT2D eigenvalue weighted by molar-refractivity contribution is -0.147. The SMILES string of the molecule is COC(=O)CN(C)C(=O)C(C)C(C)N. The molecule has 0 saturated heterocycles. The molecule has 0 fully saturated rings. The van der Waals surface area contributed by atoms with Crippen molar-refractivity contribution in [1.29, 1.82) is 0 Å². The van der Waals surface area contributed by atoms with Crippen LogP contribution in [0.3, 0.4) is 0 Å². The fourth-order valence-corrected chi connectivity index (χ4v) is 0.909. The molecule has 2 unspecified atom stereocenters. The minimum atomic E-state index is -0.433. The average Bonchev–Trinajstić information content (AvgIpc) is 2.14. The van der Waals surface area contributed by atoms with Gasteiger partial charge in [-0.2, -0.15) is 0 Å². The van der Waals surface area contributed by atoms with Gasteiger partial charge in [0.1, 0.15) is 6.54 Å². The van der Waals surface area contributed by atoms with Crippen molar-refractivity contribution in [2.45, 2.75) is 19.9 Å². The lowest BCUT2D eigenvalue weighted by Gasteiger charge is -2.22. The zero-order valence-electron chi connectivity index (χ0n) is 9.11. The van der Waals surface area contributed by atoms with Crippen LogP contribution in [0.15, 0.2) is 0 Å². The van der Waals surface area contributed by atoms with Crippen molar-refractivity contribution in [3.05, 3.63) is 0 Å². The Morgan fingerprint density at radius 3 is 2.29 bits per heavy atom. The molecule has 2 atom stereocenters. The van der Waals surface area contributed by atoms with Gasteiger partial charge in [-0.3, -0.25) is 9.59 Å². The maximum atomic E-state index is 11.6. The zero-order valence-corrected chi connectivity index (χ0v) is 9.11. The fourth-order valence-electron chi connectivity index (χ4n) is 0.909. The molecule has 0 aromatic heterocycles. The normalized spacial score (nSPS) is 14.4. The van der Waals surface area contributed by atoms with Gasteiger partial charge in [-0.1, -0.05) is 6.92 Å². The van der Waals surface area contributed by atoms with Crippen LogP contribution in [0.2, 0.25) is 0 Å². The van der Waals surface area contributed by atoms with Gasteiger partial charge in [-0.15, -0.1) is 0 Å². The van der Waals surface area contributed by atoms with Gasteiger partial charge in [0.15, 0.2) is 0 Å². The number of rotatable bonds is 4. The number of ether oxygens (including phenoxy) is 1. The molecule has 0 spiro atoms. The van der Waals surface area contributed by atoms with E-state index in [1.807, 2.05) is 0 Å². The highest BCUT2D eigenvalue weighted by Crippen LogP contribution is 2.04. The summed E-state index contributed by atoms with van der Waals surface area (Å²) < 4.78 is 4.45. The maximum absolute atomic E-state index is 11.6. The highest BCUT2D eigenvalue weighted by molar-refractivity contribution is 5.83. The number of nitrogens with zero attached hydrogens (tertiary/aromatic N) is 1. The van der Waals surface area contributed by atoms with E-state index in [1.165, 1.54) is 12.0 Å². The molecule has 82 valence electrons. The average molecular weight is 202 g/mol. The van der Waals surface area contributed by atoms with Gasteiger partial charge in [-0.05, 0) is 6.92 Å². The van der Waals surface area contributed by atoms with Crippen LogP contribution in [-0.4, -0.2) is 43.5 Å². The molecule has 0 aromatic carbocycles. The number of methoxy groups -OCH3 is 1. The van der Waals surface area contributed by atoms with Crippen LogP contribution >= 0.6 is 0 Å². The molecule has 2 N–H and O–H groups in total. The van der Waals surface area contributed by atoms with E-state index in [0.717, 1.165) is 0 Å². The number of carbonyl (C=O) groups excluding carboxylic acids is 2. The van der Waals surface area contributed by atoms with Crippen LogP contribution < -0.4 is 5.73 Å². The molecule has 0 saturated carbocycles. The minimum Gasteiger partial charge on any atom is -0.468 e. The van der Waals surface area contributed by atoms with Gasteiger partial charge in [0, 0.05) is 13.1 Å². The predicted molar refractivity (Wildman–Crippen MR) is 52.5 cm³/mol. The Kier molecular flexibility index (Phi) is 5.15. The Labute approximate surface area is 84.2 Å². The lowest BCUT2D eigenvalue weighted by Crippen LogP contribution is -2.42. The Balaban J connectivity index is 4.18. The Morgan fingerprint density at radius 1 is 1.43 bits per heavy atom. The number of nitrogens with two attached hydrogens (primary N) is 1. The van der Waals surface area contributed by atoms with E-state index in [9.17, 15) is 9.59 Å². The van der Waals surface area contributed by atoms with Crippen LogP contribution in [0.5, 0.6) is 0 Å². The molecule has 0 bridgehead atoms. The molecule has 0 heterocycles. The molecule has 0 aliphatic rings. The maximum Gasteiger partial charge on any atom is 0.325 e. The fraction of sp³-hybridized carbons (Fsp3) is 0.778. The van der Waals surface area contributed by atoms with Crippen LogP contribution in [0.1, 0.15) is 13.8 Å². The number of carbonyl (C=O) groups is 2. The molecule has 0 aliphatic heterocycles. The van der Waals surface area contributed by atoms with Crippen molar-refractivity contribution in [3.63, 3.8) is 0 Å². The predicted octanol–water partition coefficient (Wildman–Crippen LogP) is -0.399. The Hall–Kier alpha value is -1.10. The summed E-state index contributed by atoms with van der Waals surface area (Å²) in [6.07, 6.45) is 0. The lowest BCUT2D eigenvalue weighted by atomic mass is 10.0. The van der Waals surface area contributed by atoms with Gasteiger partial charge in [0.05, 0.1) is 13.0 Å². The summed E-state index contributed by atoms with van der Waals surface area (Å²) in [5.74, 6) is -0.868. The number of hydrogen-bond acceptors (Lipinski definition) is 4. The Morgan fingerprint density at radius 2 is 1.93 bits per heavy atom. The topological polar surface area (TPSA) is 72.6 Å². The standard InChI is InChI=1S/C9H18N2O3/c1-6(7(2)10)9(13)11(3)5-8(12)14-4/h6-7H,5,10H2,1-4H3. The van der Waals surface area contributed by atoms with Crippen molar-refractivity contribution in [3.8, 4) is 0 Å². The first-order chi connectivity index (χ1) is 6.40. The van der Waals surface area contributed by atoms with Gasteiger partial charge >= 0.3 is 5.97 Å². The first kappa shape index (κ1) is 12.9. The van der Waals surface area contributed by atoms with E-state index in [1.54, 1.807) is 20.9 Å². The molecule has 0 aromatic rings. The summed E-state index contributed by atoms with van der Waals surface area (Å²) in [4.78, 5) is 23.8. The third kappa shape index (κ3) is 3.74. The van der Waals surface area contributed by atoms with Gasteiger partial charge < -0.3 is 15.4 Å². The summed E-state index contributed by atoms with van der Waals surface area (Å²) in [7, 11) is 2.84. The molecule has 5 heteroatoms. The van der Waals surface area contributed by atoms with Gasteiger partial charge in [-0.25, -0.2) is 0 Å². The van der Waals surface area contributed by atoms with Crippen LogP contribution in [0.4, 0.5) is 0 Å². The van der Waals surface area contributed by atoms with Crippen molar-refractivity contribution >= 4 is 11.9 Å². The monoisotopic (exact) mass is 202 g/mol. The second-order valence-electron chi connectivity index (χ2n) is 3.42. The van der Waals surface area contributed by atoms with E-state index in [2.05, 4.69) is 4.74 Å². The van der Waals surface area contributed by atoms with E-state index in [-0.39, 0.29) is 24.4 Å². The van der Waals surface area contributed by atoms with Crippen molar-refractivity contribution in [2.75, 3.05) is 20.7 Å². The second-order valence-corrected chi connectivity index (χ2v) is 3.42. The number of likely N-dealkylation sites (N-methyl/N-ethyl adjacent to an activating group) is 1. The smallest absolute Gasteiger partial charge is 0.325 e. The summed E-state index contributed by atoms with van der Waals surface area (Å²) in [5.41, 5.74) is 5.57. The van der Waals surface area contributed by atoms with Crippen molar-refractivity contribution < 1.29 is 14.3 Å². The van der Waals surface area contributed by atoms with Crippen LogP contribution in [0.25, 0.3) is 0 Å². The molecule has 0 radical (unpaired) electrons. The van der Waals surface area contributed by atoms with Crippen LogP contribution in [-0.2, 0) is 14.3 Å². The largest absolute Gasteiger partial charge is 0.468 e. The summed E-state index contributed by atoms with van der Waals surface area (Å²) in [6, 6.07) is -0.220. The third-order valence-corrected chi connectivity index (χ3v) is 2.15. The molecule has 1 amide bonds. The van der Waals surface area contributed by atoms with Crippen molar-refractivity contribution in [2.24, 2.45) is 11.7 Å². The number of hydrogen-bond donors (Lipinski definition) is 1. The summed E-state index contributed by atoms with van der Waals surface area (Å²) in [6.45, 7) is 3.46. The Bertz CT molecular complexity index is 216. The first-order valence-electron chi connectivity index (χ1n) is 4.47. The van der Waals surface area contributed by atoms with Gasteiger partial charge in [0.2, 0.25) is 5.91 Å². The highest BCUT2D eigenvalue weighted by Gasteiger charge is 2.22. The zero-order chi connectivity index (χ0) is 11.3. The summed E-state index contributed by atoms with van der Waals surface area (Å²) >= 11 is 0. The molecular formula is C9H18N2O3. The number of esters is 1. The minimum absolute atomic E-state index is 0.0353. The highest BCUT2D eigenvalue weighted by atomic mass is 16.5.